The molecule has 140 valence electrons. The van der Waals surface area contributed by atoms with Crippen LogP contribution in [0.2, 0.25) is 0 Å². The third kappa shape index (κ3) is 4.63. The standard InChI is InChI=1S/C18H21N7O2/c1-12(24-17(26)27-18(2,3)4)16-22-11-23-25(16)15-9-14(20-10-21-15)13-7-5-6-8-19-13/h5-12H,1-4H3,(H,24,26). The van der Waals surface area contributed by atoms with E-state index in [1.165, 1.54) is 12.7 Å². The third-order valence-electron chi connectivity index (χ3n) is 3.49. The van der Waals surface area contributed by atoms with Crippen LogP contribution in [0.25, 0.3) is 17.2 Å². The van der Waals surface area contributed by atoms with Crippen LogP contribution < -0.4 is 5.32 Å². The number of aromatic nitrogens is 6. The first kappa shape index (κ1) is 18.4. The Morgan fingerprint density at radius 1 is 1.11 bits per heavy atom. The average Bonchev–Trinajstić information content (AvgIpc) is 3.11. The minimum Gasteiger partial charge on any atom is -0.444 e. The van der Waals surface area contributed by atoms with Crippen LogP contribution in [0.15, 0.2) is 43.1 Å². The molecule has 0 saturated heterocycles. The zero-order valence-corrected chi connectivity index (χ0v) is 15.6. The zero-order valence-electron chi connectivity index (χ0n) is 15.6. The Morgan fingerprint density at radius 2 is 1.93 bits per heavy atom. The normalized spacial score (nSPS) is 12.4. The number of hydrogen-bond acceptors (Lipinski definition) is 7. The Balaban J connectivity index is 1.84. The van der Waals surface area contributed by atoms with Gasteiger partial charge in [-0.3, -0.25) is 4.98 Å². The van der Waals surface area contributed by atoms with Gasteiger partial charge in [0.2, 0.25) is 0 Å². The lowest BCUT2D eigenvalue weighted by Crippen LogP contribution is -2.35. The number of nitrogens with zero attached hydrogens (tertiary/aromatic N) is 6. The highest BCUT2D eigenvalue weighted by Gasteiger charge is 2.21. The second kappa shape index (κ2) is 7.48. The van der Waals surface area contributed by atoms with E-state index in [1.807, 2.05) is 18.2 Å². The maximum absolute atomic E-state index is 12.0. The van der Waals surface area contributed by atoms with Crippen LogP contribution in [0.1, 0.15) is 39.6 Å². The molecule has 0 aromatic carbocycles. The second-order valence-electron chi connectivity index (χ2n) is 6.87. The number of alkyl carbamates (subject to hydrolysis) is 1. The van der Waals surface area contributed by atoms with Crippen LogP contribution >= 0.6 is 0 Å². The van der Waals surface area contributed by atoms with Gasteiger partial charge in [0.1, 0.15) is 18.3 Å². The van der Waals surface area contributed by atoms with E-state index in [4.69, 9.17) is 4.74 Å². The van der Waals surface area contributed by atoms with Crippen molar-refractivity contribution in [3.05, 3.63) is 48.9 Å². The molecule has 0 aliphatic rings. The molecule has 3 aromatic heterocycles. The number of amides is 1. The van der Waals surface area contributed by atoms with Crippen molar-refractivity contribution in [2.24, 2.45) is 0 Å². The molecule has 0 radical (unpaired) electrons. The molecule has 0 bridgehead atoms. The molecular formula is C18H21N7O2. The number of ether oxygens (including phenoxy) is 1. The highest BCUT2D eigenvalue weighted by molar-refractivity contribution is 5.68. The number of hydrogen-bond donors (Lipinski definition) is 1. The molecule has 0 aliphatic heterocycles. The quantitative estimate of drug-likeness (QED) is 0.755. The lowest BCUT2D eigenvalue weighted by molar-refractivity contribution is 0.0505. The summed E-state index contributed by atoms with van der Waals surface area (Å²) >= 11 is 0. The largest absolute Gasteiger partial charge is 0.444 e. The smallest absolute Gasteiger partial charge is 0.408 e. The molecule has 0 spiro atoms. The van der Waals surface area contributed by atoms with Crippen LogP contribution in [0, 0.1) is 0 Å². The fourth-order valence-electron chi connectivity index (χ4n) is 2.39. The van der Waals surface area contributed by atoms with Crippen LogP contribution in [0.3, 0.4) is 0 Å². The van der Waals surface area contributed by atoms with Crippen molar-refractivity contribution in [1.82, 2.24) is 35.0 Å². The summed E-state index contributed by atoms with van der Waals surface area (Å²) in [5.74, 6) is 1.04. The Labute approximate surface area is 156 Å². The fraction of sp³-hybridized carbons (Fsp3) is 0.333. The van der Waals surface area contributed by atoms with E-state index >= 15 is 0 Å². The third-order valence-corrected chi connectivity index (χ3v) is 3.49. The first-order valence-corrected chi connectivity index (χ1v) is 8.47. The SMILES string of the molecule is CC(NC(=O)OC(C)(C)C)c1ncnn1-c1cc(-c2ccccn2)ncn1. The summed E-state index contributed by atoms with van der Waals surface area (Å²) in [6, 6.07) is 6.92. The first-order valence-electron chi connectivity index (χ1n) is 8.47. The van der Waals surface area contributed by atoms with Crippen molar-refractivity contribution in [2.45, 2.75) is 39.3 Å². The van der Waals surface area contributed by atoms with E-state index in [-0.39, 0.29) is 0 Å². The lowest BCUT2D eigenvalue weighted by atomic mass is 10.2. The molecule has 1 amide bonds. The molecule has 0 saturated carbocycles. The van der Waals surface area contributed by atoms with E-state index < -0.39 is 17.7 Å². The zero-order chi connectivity index (χ0) is 19.4. The van der Waals surface area contributed by atoms with Gasteiger partial charge < -0.3 is 10.1 Å². The average molecular weight is 367 g/mol. The monoisotopic (exact) mass is 367 g/mol. The molecule has 1 atom stereocenters. The van der Waals surface area contributed by atoms with Crippen LogP contribution in [-0.2, 0) is 4.74 Å². The number of carbonyl (C=O) groups is 1. The van der Waals surface area contributed by atoms with Crippen molar-refractivity contribution in [1.29, 1.82) is 0 Å². The predicted octanol–water partition coefficient (Wildman–Crippen LogP) is 2.71. The van der Waals surface area contributed by atoms with Gasteiger partial charge in [0.05, 0.1) is 17.4 Å². The molecule has 0 aliphatic carbocycles. The van der Waals surface area contributed by atoms with E-state index in [0.717, 1.165) is 5.69 Å². The molecule has 1 unspecified atom stereocenters. The van der Waals surface area contributed by atoms with E-state index in [2.05, 4.69) is 30.4 Å². The van der Waals surface area contributed by atoms with Crippen LogP contribution in [-0.4, -0.2) is 41.4 Å². The topological polar surface area (TPSA) is 108 Å². The summed E-state index contributed by atoms with van der Waals surface area (Å²) in [6.45, 7) is 7.21. The molecule has 27 heavy (non-hydrogen) atoms. The van der Waals surface area contributed by atoms with Crippen molar-refractivity contribution < 1.29 is 9.53 Å². The van der Waals surface area contributed by atoms with Gasteiger partial charge in [0.15, 0.2) is 11.6 Å². The molecule has 3 heterocycles. The van der Waals surface area contributed by atoms with Gasteiger partial charge in [-0.15, -0.1) is 0 Å². The molecular weight excluding hydrogens is 346 g/mol. The molecule has 1 N–H and O–H groups in total. The molecule has 0 fully saturated rings. The summed E-state index contributed by atoms with van der Waals surface area (Å²) in [5.41, 5.74) is 0.805. The highest BCUT2D eigenvalue weighted by atomic mass is 16.6. The maximum Gasteiger partial charge on any atom is 0.408 e. The van der Waals surface area contributed by atoms with E-state index in [1.54, 1.807) is 44.6 Å². The molecule has 3 aromatic rings. The number of carbonyl (C=O) groups excluding carboxylic acids is 1. The second-order valence-corrected chi connectivity index (χ2v) is 6.87. The Kier molecular flexibility index (Phi) is 5.11. The van der Waals surface area contributed by atoms with Gasteiger partial charge in [0, 0.05) is 12.3 Å². The summed E-state index contributed by atoms with van der Waals surface area (Å²) in [4.78, 5) is 29.1. The van der Waals surface area contributed by atoms with Gasteiger partial charge in [-0.05, 0) is 39.8 Å². The number of pyridine rings is 1. The summed E-state index contributed by atoms with van der Waals surface area (Å²) in [5, 5.41) is 6.98. The summed E-state index contributed by atoms with van der Waals surface area (Å²) in [7, 11) is 0. The van der Waals surface area contributed by atoms with Gasteiger partial charge in [-0.2, -0.15) is 9.78 Å². The van der Waals surface area contributed by atoms with Crippen LogP contribution in [0.5, 0.6) is 0 Å². The first-order chi connectivity index (χ1) is 12.8. The predicted molar refractivity (Wildman–Crippen MR) is 98.0 cm³/mol. The Morgan fingerprint density at radius 3 is 2.63 bits per heavy atom. The van der Waals surface area contributed by atoms with Crippen molar-refractivity contribution in [3.63, 3.8) is 0 Å². The summed E-state index contributed by atoms with van der Waals surface area (Å²) in [6.07, 6.45) is 4.02. The van der Waals surface area contributed by atoms with Gasteiger partial charge in [-0.25, -0.2) is 19.7 Å². The van der Waals surface area contributed by atoms with Crippen molar-refractivity contribution in [2.75, 3.05) is 0 Å². The summed E-state index contributed by atoms with van der Waals surface area (Å²) < 4.78 is 6.84. The number of rotatable bonds is 4. The van der Waals surface area contributed by atoms with E-state index in [0.29, 0.717) is 17.3 Å². The minimum atomic E-state index is -0.582. The molecule has 9 heteroatoms. The fourth-order valence-corrected chi connectivity index (χ4v) is 2.39. The molecule has 3 rings (SSSR count). The number of nitrogens with one attached hydrogen (secondary N) is 1. The van der Waals surface area contributed by atoms with Crippen molar-refractivity contribution >= 4 is 6.09 Å². The van der Waals surface area contributed by atoms with Gasteiger partial charge in [0.25, 0.3) is 0 Å². The van der Waals surface area contributed by atoms with Crippen LogP contribution in [0.4, 0.5) is 4.79 Å². The van der Waals surface area contributed by atoms with Gasteiger partial charge in [-0.1, -0.05) is 6.07 Å². The van der Waals surface area contributed by atoms with Gasteiger partial charge >= 0.3 is 6.09 Å². The highest BCUT2D eigenvalue weighted by Crippen LogP contribution is 2.18. The molecule has 9 nitrogen and oxygen atoms in total. The minimum absolute atomic E-state index is 0.435. The van der Waals surface area contributed by atoms with Crippen molar-refractivity contribution in [3.8, 4) is 17.2 Å². The Bertz CT molecular complexity index is 919. The Hall–Kier alpha value is -3.36. The maximum atomic E-state index is 12.0. The lowest BCUT2D eigenvalue weighted by Gasteiger charge is -2.21. The van der Waals surface area contributed by atoms with E-state index in [9.17, 15) is 4.79 Å².